The highest BCUT2D eigenvalue weighted by atomic mass is 16.5. The molecule has 5 rings (SSSR count). The second-order valence-corrected chi connectivity index (χ2v) is 8.49. The number of rotatable bonds is 8. The lowest BCUT2D eigenvalue weighted by Crippen LogP contribution is -2.36. The number of piperidine rings is 1. The SMILES string of the molecule is c1ccc(C(c2ccccc2)C2CCN(CCCOc3ccc4nncn4n3)CC2)cc1. The van der Waals surface area contributed by atoms with E-state index in [0.717, 1.165) is 31.7 Å². The van der Waals surface area contributed by atoms with Gasteiger partial charge in [0, 0.05) is 18.5 Å². The zero-order valence-electron chi connectivity index (χ0n) is 18.3. The molecule has 1 aliphatic rings. The fourth-order valence-electron chi connectivity index (χ4n) is 4.82. The van der Waals surface area contributed by atoms with Crippen molar-refractivity contribution < 1.29 is 4.74 Å². The lowest BCUT2D eigenvalue weighted by molar-refractivity contribution is 0.162. The van der Waals surface area contributed by atoms with E-state index in [2.05, 4.69) is 80.9 Å². The Morgan fingerprint density at radius 2 is 1.56 bits per heavy atom. The van der Waals surface area contributed by atoms with Gasteiger partial charge in [0.15, 0.2) is 5.65 Å². The van der Waals surface area contributed by atoms with Crippen LogP contribution in [0.5, 0.6) is 5.88 Å². The predicted molar refractivity (Wildman–Crippen MR) is 125 cm³/mol. The van der Waals surface area contributed by atoms with Crippen molar-refractivity contribution in [3.05, 3.63) is 90.3 Å². The molecule has 0 spiro atoms. The van der Waals surface area contributed by atoms with Crippen molar-refractivity contribution >= 4 is 5.65 Å². The third-order valence-electron chi connectivity index (χ3n) is 6.43. The Labute approximate surface area is 188 Å². The molecule has 2 aromatic carbocycles. The highest BCUT2D eigenvalue weighted by Crippen LogP contribution is 2.37. The summed E-state index contributed by atoms with van der Waals surface area (Å²) in [5.74, 6) is 1.76. The van der Waals surface area contributed by atoms with Crippen molar-refractivity contribution in [2.24, 2.45) is 5.92 Å². The summed E-state index contributed by atoms with van der Waals surface area (Å²) in [7, 11) is 0. The fourth-order valence-corrected chi connectivity index (χ4v) is 4.82. The summed E-state index contributed by atoms with van der Waals surface area (Å²) in [6.07, 6.45) is 5.03. The van der Waals surface area contributed by atoms with Crippen LogP contribution in [0.15, 0.2) is 79.1 Å². The van der Waals surface area contributed by atoms with E-state index in [-0.39, 0.29) is 0 Å². The van der Waals surface area contributed by atoms with Gasteiger partial charge in [-0.15, -0.1) is 15.3 Å². The average Bonchev–Trinajstić information content (AvgIpc) is 3.32. The predicted octanol–water partition coefficient (Wildman–Crippen LogP) is 4.44. The van der Waals surface area contributed by atoms with Crippen LogP contribution in [0, 0.1) is 5.92 Å². The molecule has 0 atom stereocenters. The Balaban J connectivity index is 1.13. The first-order chi connectivity index (χ1) is 15.9. The Morgan fingerprint density at radius 1 is 0.875 bits per heavy atom. The van der Waals surface area contributed by atoms with E-state index in [0.29, 0.717) is 24.3 Å². The van der Waals surface area contributed by atoms with E-state index in [1.54, 1.807) is 10.8 Å². The number of benzene rings is 2. The van der Waals surface area contributed by atoms with E-state index >= 15 is 0 Å². The highest BCUT2D eigenvalue weighted by molar-refractivity contribution is 5.36. The van der Waals surface area contributed by atoms with Crippen molar-refractivity contribution in [3.8, 4) is 5.88 Å². The molecule has 6 nitrogen and oxygen atoms in total. The van der Waals surface area contributed by atoms with Gasteiger partial charge in [-0.1, -0.05) is 60.7 Å². The maximum atomic E-state index is 5.84. The first-order valence-electron chi connectivity index (χ1n) is 11.5. The number of aromatic nitrogens is 4. The fraction of sp³-hybridized carbons (Fsp3) is 0.346. The van der Waals surface area contributed by atoms with Gasteiger partial charge in [-0.3, -0.25) is 0 Å². The molecular weight excluding hydrogens is 398 g/mol. The van der Waals surface area contributed by atoms with Crippen LogP contribution in [0.1, 0.15) is 36.3 Å². The summed E-state index contributed by atoms with van der Waals surface area (Å²) in [6, 6.07) is 25.7. The third kappa shape index (κ3) is 4.81. The molecule has 0 bridgehead atoms. The van der Waals surface area contributed by atoms with Gasteiger partial charge < -0.3 is 9.64 Å². The number of ether oxygens (including phenoxy) is 1. The molecule has 1 saturated heterocycles. The zero-order valence-corrected chi connectivity index (χ0v) is 18.3. The molecule has 1 fully saturated rings. The number of hydrogen-bond acceptors (Lipinski definition) is 5. The monoisotopic (exact) mass is 427 g/mol. The first kappa shape index (κ1) is 20.6. The number of hydrogen-bond donors (Lipinski definition) is 0. The maximum Gasteiger partial charge on any atom is 0.231 e. The standard InChI is InChI=1S/C26H29N5O/c1-3-8-21(9-4-1)26(22-10-5-2-6-11-22)23-14-17-30(18-15-23)16-7-19-32-25-13-12-24-28-27-20-31(24)29-25/h1-6,8-13,20,23,26H,7,14-19H2. The molecule has 3 heterocycles. The lowest BCUT2D eigenvalue weighted by Gasteiger charge is -2.36. The molecule has 6 heteroatoms. The van der Waals surface area contributed by atoms with Crippen LogP contribution in [-0.4, -0.2) is 51.0 Å². The molecule has 2 aromatic heterocycles. The summed E-state index contributed by atoms with van der Waals surface area (Å²) < 4.78 is 7.47. The third-order valence-corrected chi connectivity index (χ3v) is 6.43. The molecule has 0 amide bonds. The van der Waals surface area contributed by atoms with Crippen molar-refractivity contribution in [1.29, 1.82) is 0 Å². The van der Waals surface area contributed by atoms with Crippen LogP contribution >= 0.6 is 0 Å². The van der Waals surface area contributed by atoms with Crippen molar-refractivity contribution in [1.82, 2.24) is 24.7 Å². The van der Waals surface area contributed by atoms with Crippen LogP contribution in [0.4, 0.5) is 0 Å². The zero-order chi connectivity index (χ0) is 21.6. The topological polar surface area (TPSA) is 55.5 Å². The van der Waals surface area contributed by atoms with E-state index < -0.39 is 0 Å². The number of likely N-dealkylation sites (tertiary alicyclic amines) is 1. The molecule has 0 radical (unpaired) electrons. The summed E-state index contributed by atoms with van der Waals surface area (Å²) in [5, 5.41) is 12.2. The van der Waals surface area contributed by atoms with Crippen molar-refractivity contribution in [2.75, 3.05) is 26.2 Å². The molecule has 164 valence electrons. The molecule has 0 saturated carbocycles. The van der Waals surface area contributed by atoms with Gasteiger partial charge in [0.05, 0.1) is 6.61 Å². The van der Waals surface area contributed by atoms with E-state index in [1.165, 1.54) is 24.0 Å². The minimum Gasteiger partial charge on any atom is -0.477 e. The molecule has 32 heavy (non-hydrogen) atoms. The van der Waals surface area contributed by atoms with Crippen LogP contribution < -0.4 is 4.74 Å². The van der Waals surface area contributed by atoms with Gasteiger partial charge in [0.25, 0.3) is 0 Å². The summed E-state index contributed by atoms with van der Waals surface area (Å²) >= 11 is 0. The first-order valence-corrected chi connectivity index (χ1v) is 11.5. The van der Waals surface area contributed by atoms with Gasteiger partial charge >= 0.3 is 0 Å². The van der Waals surface area contributed by atoms with Crippen LogP contribution in [0.3, 0.4) is 0 Å². The van der Waals surface area contributed by atoms with Crippen LogP contribution in [0.2, 0.25) is 0 Å². The van der Waals surface area contributed by atoms with E-state index in [1.807, 2.05) is 12.1 Å². The largest absolute Gasteiger partial charge is 0.477 e. The van der Waals surface area contributed by atoms with Gasteiger partial charge in [-0.05, 0) is 55.5 Å². The Bertz CT molecular complexity index is 1070. The molecule has 4 aromatic rings. The summed E-state index contributed by atoms with van der Waals surface area (Å²) in [4.78, 5) is 2.57. The van der Waals surface area contributed by atoms with Crippen LogP contribution in [-0.2, 0) is 0 Å². The highest BCUT2D eigenvalue weighted by Gasteiger charge is 2.28. The molecule has 0 N–H and O–H groups in total. The minimum atomic E-state index is 0.474. The van der Waals surface area contributed by atoms with Crippen LogP contribution in [0.25, 0.3) is 5.65 Å². The molecule has 1 aliphatic heterocycles. The van der Waals surface area contributed by atoms with Gasteiger partial charge in [0.1, 0.15) is 6.33 Å². The number of fused-ring (bicyclic) bond motifs is 1. The summed E-state index contributed by atoms with van der Waals surface area (Å²) in [5.41, 5.74) is 3.59. The van der Waals surface area contributed by atoms with Gasteiger partial charge in [-0.2, -0.15) is 4.52 Å². The quantitative estimate of drug-likeness (QED) is 0.389. The molecule has 0 unspecified atom stereocenters. The van der Waals surface area contributed by atoms with Gasteiger partial charge in [-0.25, -0.2) is 0 Å². The van der Waals surface area contributed by atoms with Crippen molar-refractivity contribution in [3.63, 3.8) is 0 Å². The summed E-state index contributed by atoms with van der Waals surface area (Å²) in [6.45, 7) is 4.01. The average molecular weight is 428 g/mol. The minimum absolute atomic E-state index is 0.474. The normalized spacial score (nSPS) is 15.4. The van der Waals surface area contributed by atoms with E-state index in [9.17, 15) is 0 Å². The van der Waals surface area contributed by atoms with Gasteiger partial charge in [0.2, 0.25) is 5.88 Å². The number of nitrogens with zero attached hydrogens (tertiary/aromatic N) is 5. The lowest BCUT2D eigenvalue weighted by atomic mass is 9.76. The second-order valence-electron chi connectivity index (χ2n) is 8.49. The molecular formula is C26H29N5O. The van der Waals surface area contributed by atoms with E-state index in [4.69, 9.17) is 4.74 Å². The molecule has 0 aliphatic carbocycles. The Hall–Kier alpha value is -3.25. The van der Waals surface area contributed by atoms with Crippen molar-refractivity contribution in [2.45, 2.75) is 25.2 Å². The Kier molecular flexibility index (Phi) is 6.40. The Morgan fingerprint density at radius 3 is 2.25 bits per heavy atom. The maximum absolute atomic E-state index is 5.84. The second kappa shape index (κ2) is 9.92. The smallest absolute Gasteiger partial charge is 0.231 e.